The van der Waals surface area contributed by atoms with Gasteiger partial charge in [0.15, 0.2) is 0 Å². The Balaban J connectivity index is 1.58. The summed E-state index contributed by atoms with van der Waals surface area (Å²) in [6, 6.07) is 9.07. The number of ether oxygens (including phenoxy) is 1. The van der Waals surface area contributed by atoms with Crippen LogP contribution in [0.25, 0.3) is 0 Å². The van der Waals surface area contributed by atoms with E-state index in [1.165, 1.54) is 0 Å². The van der Waals surface area contributed by atoms with Crippen LogP contribution in [-0.4, -0.2) is 23.8 Å². The van der Waals surface area contributed by atoms with Crippen LogP contribution in [0, 0.1) is 11.3 Å². The smallest absolute Gasteiger partial charge is 0.338 e. The number of carbonyl (C=O) groups is 1. The van der Waals surface area contributed by atoms with Crippen molar-refractivity contribution in [1.82, 2.24) is 0 Å². The van der Waals surface area contributed by atoms with Crippen molar-refractivity contribution >= 4 is 5.97 Å². The predicted octanol–water partition coefficient (Wildman–Crippen LogP) is 2.39. The Labute approximate surface area is 107 Å². The molecule has 1 N–H and O–H groups in total. The first-order chi connectivity index (χ1) is 8.72. The van der Waals surface area contributed by atoms with Gasteiger partial charge in [-0.2, -0.15) is 0 Å². The number of aliphatic hydroxyl groups excluding tert-OH is 1. The molecule has 3 nitrogen and oxygen atoms in total. The number of rotatable bonds is 3. The Hall–Kier alpha value is -1.35. The fourth-order valence-corrected chi connectivity index (χ4v) is 3.17. The van der Waals surface area contributed by atoms with Crippen molar-refractivity contribution in [1.29, 1.82) is 0 Å². The van der Waals surface area contributed by atoms with Crippen molar-refractivity contribution in [3.63, 3.8) is 0 Å². The zero-order chi connectivity index (χ0) is 12.6. The van der Waals surface area contributed by atoms with E-state index in [-0.39, 0.29) is 17.5 Å². The van der Waals surface area contributed by atoms with Gasteiger partial charge < -0.3 is 9.84 Å². The third-order valence-electron chi connectivity index (χ3n) is 4.52. The standard InChI is InChI=1S/C15H18O3/c16-13-7-6-12(15(13)8-9-15)10-18-14(17)11-4-2-1-3-5-11/h1-5,12-13,16H,6-10H2. The Morgan fingerprint density at radius 2 is 2.00 bits per heavy atom. The summed E-state index contributed by atoms with van der Waals surface area (Å²) in [5.41, 5.74) is 0.678. The summed E-state index contributed by atoms with van der Waals surface area (Å²) in [7, 11) is 0. The van der Waals surface area contributed by atoms with Crippen LogP contribution in [0.15, 0.2) is 30.3 Å². The molecule has 3 rings (SSSR count). The van der Waals surface area contributed by atoms with Gasteiger partial charge >= 0.3 is 5.97 Å². The van der Waals surface area contributed by atoms with E-state index in [1.54, 1.807) is 12.1 Å². The molecule has 1 aromatic rings. The van der Waals surface area contributed by atoms with Gasteiger partial charge in [0.05, 0.1) is 18.3 Å². The molecule has 2 atom stereocenters. The summed E-state index contributed by atoms with van der Waals surface area (Å²) < 4.78 is 5.39. The molecule has 1 aromatic carbocycles. The molecule has 18 heavy (non-hydrogen) atoms. The monoisotopic (exact) mass is 246 g/mol. The van der Waals surface area contributed by atoms with E-state index in [4.69, 9.17) is 4.74 Å². The first kappa shape index (κ1) is 11.7. The van der Waals surface area contributed by atoms with E-state index >= 15 is 0 Å². The van der Waals surface area contributed by atoms with Gasteiger partial charge in [-0.3, -0.25) is 0 Å². The predicted molar refractivity (Wildman–Crippen MR) is 67.1 cm³/mol. The maximum absolute atomic E-state index is 11.8. The molecule has 1 spiro atoms. The molecule has 96 valence electrons. The molecule has 0 saturated heterocycles. The second-order valence-electron chi connectivity index (χ2n) is 5.49. The number of esters is 1. The van der Waals surface area contributed by atoms with Crippen molar-refractivity contribution in [2.24, 2.45) is 11.3 Å². The molecule has 2 fully saturated rings. The molecule has 2 unspecified atom stereocenters. The van der Waals surface area contributed by atoms with Gasteiger partial charge in [0.1, 0.15) is 0 Å². The van der Waals surface area contributed by atoms with Gasteiger partial charge in [0.25, 0.3) is 0 Å². The van der Waals surface area contributed by atoms with E-state index in [2.05, 4.69) is 0 Å². The second kappa shape index (κ2) is 4.39. The average Bonchev–Trinajstić information content (AvgIpc) is 3.14. The third kappa shape index (κ3) is 1.93. The lowest BCUT2D eigenvalue weighted by Crippen LogP contribution is -2.25. The van der Waals surface area contributed by atoms with Crippen LogP contribution in [0.2, 0.25) is 0 Å². The number of hydrogen-bond acceptors (Lipinski definition) is 3. The second-order valence-corrected chi connectivity index (χ2v) is 5.49. The number of aliphatic hydroxyl groups is 1. The summed E-state index contributed by atoms with van der Waals surface area (Å²) in [5, 5.41) is 9.93. The Bertz CT molecular complexity index is 436. The van der Waals surface area contributed by atoms with Crippen molar-refractivity contribution in [2.75, 3.05) is 6.61 Å². The molecule has 0 bridgehead atoms. The van der Waals surface area contributed by atoms with Gasteiger partial charge in [-0.15, -0.1) is 0 Å². The van der Waals surface area contributed by atoms with E-state index in [9.17, 15) is 9.90 Å². The lowest BCUT2D eigenvalue weighted by atomic mass is 9.92. The third-order valence-corrected chi connectivity index (χ3v) is 4.52. The summed E-state index contributed by atoms with van der Waals surface area (Å²) in [6.07, 6.45) is 3.82. The van der Waals surface area contributed by atoms with Gasteiger partial charge in [-0.05, 0) is 37.8 Å². The highest BCUT2D eigenvalue weighted by Gasteiger charge is 2.58. The van der Waals surface area contributed by atoms with Crippen LogP contribution in [0.4, 0.5) is 0 Å². The van der Waals surface area contributed by atoms with Crippen LogP contribution in [0.3, 0.4) is 0 Å². The van der Waals surface area contributed by atoms with E-state index in [0.717, 1.165) is 25.7 Å². The van der Waals surface area contributed by atoms with E-state index in [1.807, 2.05) is 18.2 Å². The maximum atomic E-state index is 11.8. The molecule has 0 aromatic heterocycles. The lowest BCUT2D eigenvalue weighted by molar-refractivity contribution is 0.0315. The van der Waals surface area contributed by atoms with Gasteiger partial charge in [-0.25, -0.2) is 4.79 Å². The minimum Gasteiger partial charge on any atom is -0.462 e. The summed E-state index contributed by atoms with van der Waals surface area (Å²) in [5.74, 6) is 0.0907. The first-order valence-electron chi connectivity index (χ1n) is 6.63. The first-order valence-corrected chi connectivity index (χ1v) is 6.63. The minimum absolute atomic E-state index is 0.0803. The number of benzene rings is 1. The maximum Gasteiger partial charge on any atom is 0.338 e. The highest BCUT2D eigenvalue weighted by Crippen LogP contribution is 2.61. The molecule has 0 amide bonds. The van der Waals surface area contributed by atoms with Crippen molar-refractivity contribution in [2.45, 2.75) is 31.8 Å². The van der Waals surface area contributed by atoms with Crippen LogP contribution in [-0.2, 0) is 4.74 Å². The molecule has 2 aliphatic carbocycles. The molecule has 0 heterocycles. The zero-order valence-corrected chi connectivity index (χ0v) is 10.3. The van der Waals surface area contributed by atoms with Crippen LogP contribution >= 0.6 is 0 Å². The van der Waals surface area contributed by atoms with Crippen molar-refractivity contribution in [3.05, 3.63) is 35.9 Å². The average molecular weight is 246 g/mol. The molecule has 3 heteroatoms. The molecular formula is C15H18O3. The highest BCUT2D eigenvalue weighted by molar-refractivity contribution is 5.89. The quantitative estimate of drug-likeness (QED) is 0.833. The molecular weight excluding hydrogens is 228 g/mol. The number of carbonyl (C=O) groups excluding carboxylic acids is 1. The zero-order valence-electron chi connectivity index (χ0n) is 10.3. The van der Waals surface area contributed by atoms with Crippen LogP contribution in [0.1, 0.15) is 36.0 Å². The number of hydrogen-bond donors (Lipinski definition) is 1. The Morgan fingerprint density at radius 3 is 2.67 bits per heavy atom. The summed E-state index contributed by atoms with van der Waals surface area (Å²) in [6.45, 7) is 0.449. The molecule has 0 radical (unpaired) electrons. The van der Waals surface area contributed by atoms with E-state index in [0.29, 0.717) is 18.1 Å². The molecule has 0 aliphatic heterocycles. The minimum atomic E-state index is -0.257. The van der Waals surface area contributed by atoms with Crippen molar-refractivity contribution < 1.29 is 14.6 Å². The summed E-state index contributed by atoms with van der Waals surface area (Å²) >= 11 is 0. The molecule has 2 saturated carbocycles. The Morgan fingerprint density at radius 1 is 1.28 bits per heavy atom. The van der Waals surface area contributed by atoms with Gasteiger partial charge in [0.2, 0.25) is 0 Å². The van der Waals surface area contributed by atoms with Gasteiger partial charge in [-0.1, -0.05) is 18.2 Å². The normalized spacial score (nSPS) is 28.3. The molecule has 2 aliphatic rings. The lowest BCUT2D eigenvalue weighted by Gasteiger charge is -2.20. The van der Waals surface area contributed by atoms with Crippen molar-refractivity contribution in [3.8, 4) is 0 Å². The summed E-state index contributed by atoms with van der Waals surface area (Å²) in [4.78, 5) is 11.8. The van der Waals surface area contributed by atoms with Crippen LogP contribution in [0.5, 0.6) is 0 Å². The highest BCUT2D eigenvalue weighted by atomic mass is 16.5. The van der Waals surface area contributed by atoms with Crippen LogP contribution < -0.4 is 0 Å². The largest absolute Gasteiger partial charge is 0.462 e. The fraction of sp³-hybridized carbons (Fsp3) is 0.533. The van der Waals surface area contributed by atoms with E-state index < -0.39 is 0 Å². The topological polar surface area (TPSA) is 46.5 Å². The Kier molecular flexibility index (Phi) is 2.86. The SMILES string of the molecule is O=C(OCC1CCC(O)C12CC2)c1ccccc1. The fourth-order valence-electron chi connectivity index (χ4n) is 3.17. The van der Waals surface area contributed by atoms with Gasteiger partial charge in [0, 0.05) is 11.3 Å².